The summed E-state index contributed by atoms with van der Waals surface area (Å²) in [6.07, 6.45) is 1.41. The molecule has 2 amide bonds. The Kier molecular flexibility index (Phi) is 9.55. The lowest BCUT2D eigenvalue weighted by molar-refractivity contribution is -0.140. The molecule has 1 N–H and O–H groups in total. The molecule has 3 rings (SSSR count). The Morgan fingerprint density at radius 1 is 0.941 bits per heavy atom. The molecule has 0 radical (unpaired) electrons. The zero-order valence-electron chi connectivity index (χ0n) is 19.6. The molecule has 0 spiro atoms. The van der Waals surface area contributed by atoms with Crippen molar-refractivity contribution in [1.82, 2.24) is 10.2 Å². The van der Waals surface area contributed by atoms with Gasteiger partial charge in [-0.25, -0.2) is 0 Å². The standard InChI is InChI=1S/C28H30Cl2N2O2/c1-3-15-31-28(34)26(16-21-10-5-4-6-11-21)32(19-23-13-14-24(29)18-25(23)30)27(33)17-22-12-8-7-9-20(22)2/h4-14,18,26H,3,15-17,19H2,1-2H3,(H,31,34)/t26-/m0/s1. The van der Waals surface area contributed by atoms with Gasteiger partial charge < -0.3 is 10.2 Å². The van der Waals surface area contributed by atoms with Crippen LogP contribution in [-0.2, 0) is 29.0 Å². The number of rotatable bonds is 10. The summed E-state index contributed by atoms with van der Waals surface area (Å²) in [5.74, 6) is -0.304. The van der Waals surface area contributed by atoms with E-state index in [-0.39, 0.29) is 24.8 Å². The highest BCUT2D eigenvalue weighted by molar-refractivity contribution is 6.35. The van der Waals surface area contributed by atoms with E-state index in [0.717, 1.165) is 28.7 Å². The molecule has 0 aromatic heterocycles. The van der Waals surface area contributed by atoms with Gasteiger partial charge in [-0.3, -0.25) is 9.59 Å². The number of nitrogens with one attached hydrogen (secondary N) is 1. The first kappa shape index (κ1) is 25.8. The van der Waals surface area contributed by atoms with Crippen molar-refractivity contribution in [3.8, 4) is 0 Å². The molecule has 1 atom stereocenters. The van der Waals surface area contributed by atoms with E-state index in [4.69, 9.17) is 23.2 Å². The van der Waals surface area contributed by atoms with E-state index < -0.39 is 6.04 Å². The number of aryl methyl sites for hydroxylation is 1. The normalized spacial score (nSPS) is 11.6. The number of hydrogen-bond acceptors (Lipinski definition) is 2. The van der Waals surface area contributed by atoms with Crippen molar-refractivity contribution in [1.29, 1.82) is 0 Å². The van der Waals surface area contributed by atoms with Gasteiger partial charge in [0.1, 0.15) is 6.04 Å². The second kappa shape index (κ2) is 12.6. The number of carbonyl (C=O) groups excluding carboxylic acids is 2. The summed E-state index contributed by atoms with van der Waals surface area (Å²) in [5, 5.41) is 3.97. The Hall–Kier alpha value is -2.82. The van der Waals surface area contributed by atoms with Crippen LogP contribution in [0.15, 0.2) is 72.8 Å². The smallest absolute Gasteiger partial charge is 0.243 e. The molecular weight excluding hydrogens is 467 g/mol. The van der Waals surface area contributed by atoms with E-state index in [2.05, 4.69) is 5.32 Å². The second-order valence-corrected chi connectivity index (χ2v) is 9.20. The highest BCUT2D eigenvalue weighted by Crippen LogP contribution is 2.25. The molecule has 3 aromatic rings. The average molecular weight is 497 g/mol. The van der Waals surface area contributed by atoms with Gasteiger partial charge in [0.15, 0.2) is 0 Å². The summed E-state index contributed by atoms with van der Waals surface area (Å²) in [6, 6.07) is 22.1. The van der Waals surface area contributed by atoms with Crippen LogP contribution in [0.2, 0.25) is 10.0 Å². The maximum absolute atomic E-state index is 13.7. The zero-order valence-corrected chi connectivity index (χ0v) is 21.1. The predicted molar refractivity (Wildman–Crippen MR) is 139 cm³/mol. The van der Waals surface area contributed by atoms with Crippen molar-refractivity contribution in [3.63, 3.8) is 0 Å². The van der Waals surface area contributed by atoms with Crippen LogP contribution in [0.1, 0.15) is 35.6 Å². The van der Waals surface area contributed by atoms with Gasteiger partial charge in [0.2, 0.25) is 11.8 Å². The number of halogens is 2. The maximum atomic E-state index is 13.7. The fourth-order valence-electron chi connectivity index (χ4n) is 3.83. The van der Waals surface area contributed by atoms with Gasteiger partial charge in [-0.05, 0) is 47.7 Å². The molecule has 6 heteroatoms. The first-order valence-electron chi connectivity index (χ1n) is 11.5. The zero-order chi connectivity index (χ0) is 24.5. The van der Waals surface area contributed by atoms with Gasteiger partial charge in [-0.2, -0.15) is 0 Å². The van der Waals surface area contributed by atoms with Crippen LogP contribution >= 0.6 is 23.2 Å². The molecule has 3 aromatic carbocycles. The first-order chi connectivity index (χ1) is 16.4. The third-order valence-corrected chi connectivity index (χ3v) is 6.37. The third kappa shape index (κ3) is 7.09. The lowest BCUT2D eigenvalue weighted by Gasteiger charge is -2.32. The van der Waals surface area contributed by atoms with Crippen molar-refractivity contribution < 1.29 is 9.59 Å². The quantitative estimate of drug-likeness (QED) is 0.373. The van der Waals surface area contributed by atoms with Gasteiger partial charge in [0.25, 0.3) is 0 Å². The van der Waals surface area contributed by atoms with Crippen LogP contribution in [0.5, 0.6) is 0 Å². The van der Waals surface area contributed by atoms with E-state index >= 15 is 0 Å². The molecule has 0 fully saturated rings. The lowest BCUT2D eigenvalue weighted by Crippen LogP contribution is -2.51. The molecule has 34 heavy (non-hydrogen) atoms. The summed E-state index contributed by atoms with van der Waals surface area (Å²) >= 11 is 12.6. The second-order valence-electron chi connectivity index (χ2n) is 8.36. The monoisotopic (exact) mass is 496 g/mol. The van der Waals surface area contributed by atoms with Gasteiger partial charge in [-0.15, -0.1) is 0 Å². The number of amides is 2. The maximum Gasteiger partial charge on any atom is 0.243 e. The largest absolute Gasteiger partial charge is 0.354 e. The first-order valence-corrected chi connectivity index (χ1v) is 12.2. The summed E-state index contributed by atoms with van der Waals surface area (Å²) in [7, 11) is 0. The third-order valence-electron chi connectivity index (χ3n) is 5.78. The Bertz CT molecular complexity index is 1120. The molecule has 0 aliphatic carbocycles. The molecular formula is C28H30Cl2N2O2. The number of benzene rings is 3. The van der Waals surface area contributed by atoms with E-state index in [1.165, 1.54) is 0 Å². The van der Waals surface area contributed by atoms with E-state index in [1.807, 2.05) is 74.5 Å². The highest BCUT2D eigenvalue weighted by atomic mass is 35.5. The molecule has 0 unspecified atom stereocenters. The number of hydrogen-bond donors (Lipinski definition) is 1. The SMILES string of the molecule is CCCNC(=O)[C@H](Cc1ccccc1)N(Cc1ccc(Cl)cc1Cl)C(=O)Cc1ccccc1C. The fourth-order valence-corrected chi connectivity index (χ4v) is 4.29. The fraction of sp³-hybridized carbons (Fsp3) is 0.286. The highest BCUT2D eigenvalue weighted by Gasteiger charge is 2.30. The van der Waals surface area contributed by atoms with Gasteiger partial charge in [0, 0.05) is 29.6 Å². The Balaban J connectivity index is 1.99. The number of nitrogens with zero attached hydrogens (tertiary/aromatic N) is 1. The van der Waals surface area contributed by atoms with Gasteiger partial charge in [-0.1, -0.05) is 90.8 Å². The van der Waals surface area contributed by atoms with Crippen molar-refractivity contribution in [2.75, 3.05) is 6.54 Å². The minimum Gasteiger partial charge on any atom is -0.354 e. The van der Waals surface area contributed by atoms with Crippen LogP contribution in [0.3, 0.4) is 0 Å². The molecule has 4 nitrogen and oxygen atoms in total. The molecule has 178 valence electrons. The summed E-state index contributed by atoms with van der Waals surface area (Å²) in [4.78, 5) is 28.7. The van der Waals surface area contributed by atoms with Crippen molar-refractivity contribution in [2.24, 2.45) is 0 Å². The van der Waals surface area contributed by atoms with Crippen LogP contribution < -0.4 is 5.32 Å². The molecule has 0 saturated heterocycles. The molecule has 0 aliphatic heterocycles. The van der Waals surface area contributed by atoms with E-state index in [0.29, 0.717) is 23.0 Å². The van der Waals surface area contributed by atoms with Crippen molar-refractivity contribution in [2.45, 2.75) is 45.7 Å². The number of carbonyl (C=O) groups is 2. The van der Waals surface area contributed by atoms with Crippen LogP contribution in [0.4, 0.5) is 0 Å². The van der Waals surface area contributed by atoms with Crippen LogP contribution in [0, 0.1) is 6.92 Å². The van der Waals surface area contributed by atoms with E-state index in [1.54, 1.807) is 17.0 Å². The predicted octanol–water partition coefficient (Wildman–Crippen LogP) is 6.01. The van der Waals surface area contributed by atoms with Crippen molar-refractivity contribution in [3.05, 3.63) is 105 Å². The summed E-state index contributed by atoms with van der Waals surface area (Å²) < 4.78 is 0. The topological polar surface area (TPSA) is 49.4 Å². The van der Waals surface area contributed by atoms with Crippen molar-refractivity contribution >= 4 is 35.0 Å². The minimum atomic E-state index is -0.683. The minimum absolute atomic E-state index is 0.132. The summed E-state index contributed by atoms with van der Waals surface area (Å²) in [6.45, 7) is 4.74. The average Bonchev–Trinajstić information content (AvgIpc) is 2.83. The summed E-state index contributed by atoms with van der Waals surface area (Å²) in [5.41, 5.74) is 3.70. The molecule has 0 saturated carbocycles. The molecule has 0 aliphatic rings. The molecule has 0 heterocycles. The van der Waals surface area contributed by atoms with Gasteiger partial charge in [0.05, 0.1) is 6.42 Å². The van der Waals surface area contributed by atoms with Gasteiger partial charge >= 0.3 is 0 Å². The Morgan fingerprint density at radius 2 is 1.65 bits per heavy atom. The molecule has 0 bridgehead atoms. The Labute approximate surface area is 211 Å². The van der Waals surface area contributed by atoms with Crippen LogP contribution in [0.25, 0.3) is 0 Å². The lowest BCUT2D eigenvalue weighted by atomic mass is 10.00. The Morgan fingerprint density at radius 3 is 2.32 bits per heavy atom. The van der Waals surface area contributed by atoms with E-state index in [9.17, 15) is 9.59 Å². The van der Waals surface area contributed by atoms with Crippen LogP contribution in [-0.4, -0.2) is 29.3 Å².